The Bertz CT molecular complexity index is 585. The Morgan fingerprint density at radius 3 is 2.32 bits per heavy atom. The second kappa shape index (κ2) is 4.64. The molecule has 0 radical (unpaired) electrons. The van der Waals surface area contributed by atoms with Crippen molar-refractivity contribution >= 4 is 5.88 Å². The van der Waals surface area contributed by atoms with Gasteiger partial charge in [-0.3, -0.25) is 0 Å². The average Bonchev–Trinajstić information content (AvgIpc) is 2.70. The summed E-state index contributed by atoms with van der Waals surface area (Å²) in [4.78, 5) is 0. The predicted molar refractivity (Wildman–Crippen MR) is 69.6 cm³/mol. The fourth-order valence-electron chi connectivity index (χ4n) is 1.91. The molecule has 0 fully saturated rings. The van der Waals surface area contributed by atoms with E-state index in [0.717, 1.165) is 12.5 Å². The van der Waals surface area contributed by atoms with E-state index < -0.39 is 11.6 Å². The van der Waals surface area contributed by atoms with Crippen molar-refractivity contribution in [1.82, 2.24) is 5.16 Å². The van der Waals surface area contributed by atoms with E-state index in [1.165, 1.54) is 12.1 Å². The van der Waals surface area contributed by atoms with E-state index in [0.29, 0.717) is 16.8 Å². The third-order valence-electron chi connectivity index (χ3n) is 3.39. The maximum absolute atomic E-state index is 13.3. The third-order valence-corrected chi connectivity index (χ3v) is 3.39. The number of hydrogen-bond donors (Lipinski definition) is 1. The molecule has 0 aliphatic heterocycles. The maximum Gasteiger partial charge on any atom is 0.230 e. The van der Waals surface area contributed by atoms with Crippen LogP contribution in [0.4, 0.5) is 14.7 Å². The average molecular weight is 266 g/mol. The van der Waals surface area contributed by atoms with Crippen LogP contribution in [-0.2, 0) is 5.41 Å². The van der Waals surface area contributed by atoms with E-state index in [9.17, 15) is 8.78 Å². The number of aromatic nitrogens is 1. The molecule has 19 heavy (non-hydrogen) atoms. The molecule has 5 heteroatoms. The van der Waals surface area contributed by atoms with E-state index in [1.54, 1.807) is 0 Å². The second-order valence-electron chi connectivity index (χ2n) is 5.17. The molecule has 1 heterocycles. The summed E-state index contributed by atoms with van der Waals surface area (Å²) in [5.41, 5.74) is 6.87. The molecule has 2 N–H and O–H groups in total. The maximum atomic E-state index is 13.3. The Kier molecular flexibility index (Phi) is 3.30. The normalized spacial score (nSPS) is 11.8. The lowest BCUT2D eigenvalue weighted by molar-refractivity contribution is 0.391. The molecule has 1 aromatic carbocycles. The number of anilines is 1. The fraction of sp³-hybridized carbons (Fsp3) is 0.357. The summed E-state index contributed by atoms with van der Waals surface area (Å²) in [6.07, 6.45) is 0.795. The minimum Gasteiger partial charge on any atom is -0.367 e. The first-order valence-electron chi connectivity index (χ1n) is 6.07. The third kappa shape index (κ3) is 2.45. The van der Waals surface area contributed by atoms with Crippen molar-refractivity contribution in [2.45, 2.75) is 32.6 Å². The van der Waals surface area contributed by atoms with Gasteiger partial charge >= 0.3 is 0 Å². The van der Waals surface area contributed by atoms with Gasteiger partial charge in [0.15, 0.2) is 0 Å². The van der Waals surface area contributed by atoms with Crippen molar-refractivity contribution in [1.29, 1.82) is 0 Å². The molecule has 2 rings (SSSR count). The first-order valence-corrected chi connectivity index (χ1v) is 6.07. The minimum absolute atomic E-state index is 0.0709. The fourth-order valence-corrected chi connectivity index (χ4v) is 1.91. The summed E-state index contributed by atoms with van der Waals surface area (Å²) in [6.45, 7) is 5.95. The van der Waals surface area contributed by atoms with Gasteiger partial charge in [-0.15, -0.1) is 0 Å². The van der Waals surface area contributed by atoms with Gasteiger partial charge in [0, 0.05) is 11.5 Å². The van der Waals surface area contributed by atoms with Crippen LogP contribution in [-0.4, -0.2) is 5.16 Å². The molecule has 0 spiro atoms. The molecule has 0 amide bonds. The molecule has 2 aromatic rings. The lowest BCUT2D eigenvalue weighted by Crippen LogP contribution is -2.17. The molecule has 0 unspecified atom stereocenters. The van der Waals surface area contributed by atoms with Gasteiger partial charge in [0.25, 0.3) is 0 Å². The zero-order valence-corrected chi connectivity index (χ0v) is 11.1. The highest BCUT2D eigenvalue weighted by atomic mass is 19.1. The quantitative estimate of drug-likeness (QED) is 0.916. The van der Waals surface area contributed by atoms with Gasteiger partial charge in [-0.1, -0.05) is 25.9 Å². The Hall–Kier alpha value is -1.91. The molecule has 0 saturated carbocycles. The number of nitrogens with two attached hydrogens (primary N) is 1. The minimum atomic E-state index is -0.657. The number of rotatable bonds is 3. The zero-order valence-electron chi connectivity index (χ0n) is 11.1. The Balaban J connectivity index is 2.65. The molecule has 0 atom stereocenters. The lowest BCUT2D eigenvalue weighted by atomic mass is 9.83. The standard InChI is InChI=1S/C14H16F2N2O/c1-4-14(2,3)12-11(13(17)19-18-12)8-5-9(15)7-10(16)6-8/h5-7H,4,17H2,1-3H3. The van der Waals surface area contributed by atoms with Crippen LogP contribution in [0.2, 0.25) is 0 Å². The van der Waals surface area contributed by atoms with Gasteiger partial charge in [-0.25, -0.2) is 8.78 Å². The van der Waals surface area contributed by atoms with Crippen LogP contribution in [0.15, 0.2) is 22.7 Å². The number of benzene rings is 1. The summed E-state index contributed by atoms with van der Waals surface area (Å²) in [7, 11) is 0. The molecule has 0 saturated heterocycles. The van der Waals surface area contributed by atoms with Crippen LogP contribution in [0.3, 0.4) is 0 Å². The molecule has 0 aliphatic carbocycles. The van der Waals surface area contributed by atoms with Crippen LogP contribution in [0, 0.1) is 11.6 Å². The lowest BCUT2D eigenvalue weighted by Gasteiger charge is -2.20. The molecular weight excluding hydrogens is 250 g/mol. The molecule has 102 valence electrons. The highest BCUT2D eigenvalue weighted by molar-refractivity contribution is 5.76. The van der Waals surface area contributed by atoms with Crippen LogP contribution in [0.5, 0.6) is 0 Å². The van der Waals surface area contributed by atoms with Gasteiger partial charge in [0.05, 0.1) is 11.3 Å². The first-order chi connectivity index (χ1) is 8.85. The van der Waals surface area contributed by atoms with E-state index in [1.807, 2.05) is 20.8 Å². The van der Waals surface area contributed by atoms with Crippen molar-refractivity contribution in [3.05, 3.63) is 35.5 Å². The highest BCUT2D eigenvalue weighted by Gasteiger charge is 2.29. The topological polar surface area (TPSA) is 52.0 Å². The molecule has 0 bridgehead atoms. The number of hydrogen-bond acceptors (Lipinski definition) is 3. The molecular formula is C14H16F2N2O. The van der Waals surface area contributed by atoms with Crippen molar-refractivity contribution in [2.24, 2.45) is 0 Å². The summed E-state index contributed by atoms with van der Waals surface area (Å²) < 4.78 is 31.7. The van der Waals surface area contributed by atoms with E-state index >= 15 is 0 Å². The molecule has 1 aromatic heterocycles. The van der Waals surface area contributed by atoms with Gasteiger partial charge < -0.3 is 10.3 Å². The van der Waals surface area contributed by atoms with E-state index in [-0.39, 0.29) is 11.3 Å². The van der Waals surface area contributed by atoms with Gasteiger partial charge in [-0.2, -0.15) is 0 Å². The second-order valence-corrected chi connectivity index (χ2v) is 5.17. The van der Waals surface area contributed by atoms with Crippen LogP contribution in [0.25, 0.3) is 11.1 Å². The predicted octanol–water partition coefficient (Wildman–Crippen LogP) is 3.89. The summed E-state index contributed by atoms with van der Waals surface area (Å²) in [5.74, 6) is -1.24. The zero-order chi connectivity index (χ0) is 14.2. The van der Waals surface area contributed by atoms with Crippen LogP contribution >= 0.6 is 0 Å². The SMILES string of the molecule is CCC(C)(C)c1noc(N)c1-c1cc(F)cc(F)c1. The number of nitrogen functional groups attached to an aromatic ring is 1. The van der Waals surface area contributed by atoms with E-state index in [4.69, 9.17) is 10.3 Å². The number of nitrogens with zero attached hydrogens (tertiary/aromatic N) is 1. The largest absolute Gasteiger partial charge is 0.367 e. The van der Waals surface area contributed by atoms with E-state index in [2.05, 4.69) is 5.16 Å². The van der Waals surface area contributed by atoms with Gasteiger partial charge in [-0.05, 0) is 24.1 Å². The monoisotopic (exact) mass is 266 g/mol. The summed E-state index contributed by atoms with van der Waals surface area (Å²) in [6, 6.07) is 3.26. The smallest absolute Gasteiger partial charge is 0.230 e. The van der Waals surface area contributed by atoms with Gasteiger partial charge in [0.2, 0.25) is 5.88 Å². The van der Waals surface area contributed by atoms with Gasteiger partial charge in [0.1, 0.15) is 11.6 Å². The summed E-state index contributed by atoms with van der Waals surface area (Å²) in [5, 5.41) is 3.95. The number of halogens is 2. The van der Waals surface area contributed by atoms with Crippen LogP contribution in [0.1, 0.15) is 32.9 Å². The summed E-state index contributed by atoms with van der Waals surface area (Å²) >= 11 is 0. The molecule has 3 nitrogen and oxygen atoms in total. The Morgan fingerprint density at radius 1 is 1.21 bits per heavy atom. The Labute approximate surface area is 110 Å². The molecule has 0 aliphatic rings. The first kappa shape index (κ1) is 13.5. The highest BCUT2D eigenvalue weighted by Crippen LogP contribution is 2.38. The Morgan fingerprint density at radius 2 is 1.79 bits per heavy atom. The van der Waals surface area contributed by atoms with Crippen molar-refractivity contribution < 1.29 is 13.3 Å². The van der Waals surface area contributed by atoms with Crippen molar-refractivity contribution in [2.75, 3.05) is 5.73 Å². The van der Waals surface area contributed by atoms with Crippen molar-refractivity contribution in [3.63, 3.8) is 0 Å². The van der Waals surface area contributed by atoms with Crippen LogP contribution < -0.4 is 5.73 Å². The van der Waals surface area contributed by atoms with Crippen molar-refractivity contribution in [3.8, 4) is 11.1 Å².